The molecule has 4 N–H and O–H groups in total. The van der Waals surface area contributed by atoms with Gasteiger partial charge < -0.3 is 39.9 Å². The van der Waals surface area contributed by atoms with Gasteiger partial charge in [-0.1, -0.05) is 84.9 Å². The van der Waals surface area contributed by atoms with Crippen molar-refractivity contribution < 1.29 is 37.4 Å². The number of alkyl carbamates (subject to hydrolysis) is 2. The summed E-state index contributed by atoms with van der Waals surface area (Å²) in [6, 6.07) is 24.2. The van der Waals surface area contributed by atoms with E-state index in [1.165, 1.54) is 20.4 Å². The lowest BCUT2D eigenvalue weighted by molar-refractivity contribution is -0.135. The Bertz CT molecular complexity index is 2570. The number of hydrogen-bond donors (Lipinski definition) is 4. The van der Waals surface area contributed by atoms with Gasteiger partial charge in [0.25, 0.3) is 11.8 Å². The van der Waals surface area contributed by atoms with Crippen LogP contribution in [0.3, 0.4) is 0 Å². The van der Waals surface area contributed by atoms with Crippen LogP contribution < -0.4 is 10.6 Å². The molecule has 0 unspecified atom stereocenters. The number of amides is 4. The van der Waals surface area contributed by atoms with E-state index in [-0.39, 0.29) is 34.7 Å². The topological polar surface area (TPSA) is 175 Å². The standard InChI is InChI=1S/C46H44F2N8O6/c1-61-45(59)53-39(29-11-5-3-6-12-29)43(57)55-21-9-15-37(55)41-49-25-35(51-41)28-19-17-27(18-20-28)31-23-34(48)32(24-33(31)47)36-26-50-42(52-36)38-16-10-22-56(38)44(58)40(54-46(60)62-2)30-13-7-4-8-14-30/h3-8,11-14,17-20,23-26,37-40H,9-10,15-16,21-22H2,1-2H3,(H,49,51)(H,50,52)(H,53,59)(H,54,60)/t37-,38-,39+,40+/m0/s1. The van der Waals surface area contributed by atoms with Gasteiger partial charge in [-0.25, -0.2) is 28.3 Å². The van der Waals surface area contributed by atoms with E-state index in [0.717, 1.165) is 24.1 Å². The summed E-state index contributed by atoms with van der Waals surface area (Å²) in [5, 5.41) is 5.30. The highest BCUT2D eigenvalue weighted by Gasteiger charge is 2.38. The Morgan fingerprint density at radius 3 is 1.56 bits per heavy atom. The predicted molar refractivity (Wildman–Crippen MR) is 224 cm³/mol. The zero-order chi connectivity index (χ0) is 43.3. The number of benzene rings is 4. The summed E-state index contributed by atoms with van der Waals surface area (Å²) >= 11 is 0. The second-order valence-electron chi connectivity index (χ2n) is 15.1. The van der Waals surface area contributed by atoms with E-state index in [0.29, 0.717) is 66.4 Å². The summed E-state index contributed by atoms with van der Waals surface area (Å²) in [7, 11) is 2.47. The van der Waals surface area contributed by atoms with Crippen molar-refractivity contribution in [3.63, 3.8) is 0 Å². The number of carbonyl (C=O) groups is 4. The van der Waals surface area contributed by atoms with Crippen molar-refractivity contribution in [2.75, 3.05) is 27.3 Å². The molecule has 16 heteroatoms. The Morgan fingerprint density at radius 2 is 1.06 bits per heavy atom. The minimum Gasteiger partial charge on any atom is -0.453 e. The molecule has 8 rings (SSSR count). The highest BCUT2D eigenvalue weighted by atomic mass is 19.1. The fourth-order valence-electron chi connectivity index (χ4n) is 8.28. The number of ether oxygens (including phenoxy) is 2. The zero-order valence-electron chi connectivity index (χ0n) is 33.9. The van der Waals surface area contributed by atoms with E-state index in [1.54, 1.807) is 88.8 Å². The molecule has 62 heavy (non-hydrogen) atoms. The number of hydrogen-bond acceptors (Lipinski definition) is 8. The van der Waals surface area contributed by atoms with Crippen LogP contribution in [0.15, 0.2) is 109 Å². The molecular weight excluding hydrogens is 799 g/mol. The van der Waals surface area contributed by atoms with E-state index in [2.05, 4.69) is 30.6 Å². The number of halogens is 2. The maximum Gasteiger partial charge on any atom is 0.407 e. The molecule has 2 fully saturated rings. The van der Waals surface area contributed by atoms with Gasteiger partial charge in [0.2, 0.25) is 0 Å². The van der Waals surface area contributed by atoms with Gasteiger partial charge in [0.1, 0.15) is 35.4 Å². The van der Waals surface area contributed by atoms with Crippen LogP contribution in [0.25, 0.3) is 33.6 Å². The SMILES string of the molecule is COC(=O)N[C@@H](C(=O)N1CCC[C@H]1c1ncc(-c2ccc(-c3cc(F)c(-c4cnc([C@@H]5CCCN5C(=O)[C@H](NC(=O)OC)c5ccccc5)[nH]4)cc3F)cc2)[nH]1)c1ccccc1. The van der Waals surface area contributed by atoms with Crippen LogP contribution in [0.1, 0.15) is 72.6 Å². The number of carbonyl (C=O) groups excluding carboxylic acids is 4. The van der Waals surface area contributed by atoms with Gasteiger partial charge >= 0.3 is 12.2 Å². The summed E-state index contributed by atoms with van der Waals surface area (Å²) < 4.78 is 41.3. The average molecular weight is 843 g/mol. The maximum absolute atomic E-state index is 15.9. The number of aromatic amines is 2. The first-order valence-electron chi connectivity index (χ1n) is 20.2. The third kappa shape index (κ3) is 8.48. The fraction of sp³-hybridized carbons (Fsp3) is 0.261. The number of rotatable bonds is 11. The smallest absolute Gasteiger partial charge is 0.407 e. The minimum atomic E-state index is -0.998. The number of H-pyrrole nitrogens is 2. The normalized spacial score (nSPS) is 17.0. The van der Waals surface area contributed by atoms with Crippen LogP contribution in [-0.2, 0) is 19.1 Å². The van der Waals surface area contributed by atoms with Gasteiger partial charge in [0, 0.05) is 24.2 Å². The molecule has 14 nitrogen and oxygen atoms in total. The number of aromatic nitrogens is 4. The molecule has 4 heterocycles. The lowest BCUT2D eigenvalue weighted by Crippen LogP contribution is -2.42. The largest absolute Gasteiger partial charge is 0.453 e. The second-order valence-corrected chi connectivity index (χ2v) is 15.1. The molecule has 0 spiro atoms. The first kappa shape index (κ1) is 41.4. The molecule has 318 valence electrons. The van der Waals surface area contributed by atoms with Crippen LogP contribution in [0.5, 0.6) is 0 Å². The van der Waals surface area contributed by atoms with Crippen LogP contribution in [0, 0.1) is 11.6 Å². The lowest BCUT2D eigenvalue weighted by atomic mass is 10.00. The zero-order valence-corrected chi connectivity index (χ0v) is 33.9. The minimum absolute atomic E-state index is 0.0207. The van der Waals surface area contributed by atoms with Crippen LogP contribution >= 0.6 is 0 Å². The van der Waals surface area contributed by atoms with Crippen molar-refractivity contribution in [3.8, 4) is 33.6 Å². The summed E-state index contributed by atoms with van der Waals surface area (Å²) in [5.41, 5.74) is 3.38. The van der Waals surface area contributed by atoms with Crippen molar-refractivity contribution in [2.24, 2.45) is 0 Å². The molecule has 2 aliphatic rings. The number of likely N-dealkylation sites (tertiary alicyclic amines) is 2. The van der Waals surface area contributed by atoms with Gasteiger partial charge in [-0.15, -0.1) is 0 Å². The first-order chi connectivity index (χ1) is 30.1. The molecule has 2 saturated heterocycles. The third-order valence-corrected chi connectivity index (χ3v) is 11.4. The van der Waals surface area contributed by atoms with Gasteiger partial charge in [0.05, 0.1) is 50.1 Å². The predicted octanol–water partition coefficient (Wildman–Crippen LogP) is 7.93. The van der Waals surface area contributed by atoms with Gasteiger partial charge in [0.15, 0.2) is 0 Å². The van der Waals surface area contributed by atoms with Crippen molar-refractivity contribution in [1.29, 1.82) is 0 Å². The van der Waals surface area contributed by atoms with E-state index >= 15 is 8.78 Å². The molecule has 4 atom stereocenters. The van der Waals surface area contributed by atoms with E-state index < -0.39 is 41.9 Å². The molecule has 0 radical (unpaired) electrons. The number of nitrogens with zero attached hydrogens (tertiary/aromatic N) is 4. The Kier molecular flexibility index (Phi) is 12.1. The Labute approximate surface area is 355 Å². The Morgan fingerprint density at radius 1 is 0.629 bits per heavy atom. The summed E-state index contributed by atoms with van der Waals surface area (Å²) in [6.07, 6.45) is 4.29. The molecule has 0 bridgehead atoms. The van der Waals surface area contributed by atoms with Crippen LogP contribution in [0.2, 0.25) is 0 Å². The van der Waals surface area contributed by atoms with Gasteiger partial charge in [-0.05, 0) is 60.1 Å². The quantitative estimate of drug-likeness (QED) is 0.102. The average Bonchev–Trinajstić information content (AvgIpc) is 4.16. The van der Waals surface area contributed by atoms with Gasteiger partial charge in [-0.3, -0.25) is 9.59 Å². The first-order valence-corrected chi connectivity index (χ1v) is 20.2. The maximum atomic E-state index is 15.9. The van der Waals surface area contributed by atoms with Crippen LogP contribution in [-0.4, -0.2) is 81.0 Å². The van der Waals surface area contributed by atoms with E-state index in [9.17, 15) is 19.2 Å². The Hall–Kier alpha value is -7.36. The molecule has 2 aliphatic heterocycles. The fourth-order valence-corrected chi connectivity index (χ4v) is 8.28. The van der Waals surface area contributed by atoms with Crippen LogP contribution in [0.4, 0.5) is 18.4 Å². The van der Waals surface area contributed by atoms with E-state index in [4.69, 9.17) is 9.47 Å². The monoisotopic (exact) mass is 842 g/mol. The molecule has 6 aromatic rings. The third-order valence-electron chi connectivity index (χ3n) is 11.4. The number of imidazole rings is 2. The number of nitrogens with one attached hydrogen (secondary N) is 4. The summed E-state index contributed by atoms with van der Waals surface area (Å²) in [6.45, 7) is 0.896. The molecule has 0 saturated carbocycles. The Balaban J connectivity index is 0.965. The van der Waals surface area contributed by atoms with Crippen molar-refractivity contribution in [3.05, 3.63) is 144 Å². The van der Waals surface area contributed by atoms with Crippen molar-refractivity contribution >= 4 is 24.0 Å². The summed E-state index contributed by atoms with van der Waals surface area (Å²) in [4.78, 5) is 71.1. The van der Waals surface area contributed by atoms with Crippen molar-refractivity contribution in [2.45, 2.75) is 49.9 Å². The molecular formula is C46H44F2N8O6. The lowest BCUT2D eigenvalue weighted by Gasteiger charge is -2.28. The second kappa shape index (κ2) is 18.1. The number of methoxy groups -OCH3 is 2. The molecule has 0 aliphatic carbocycles. The van der Waals surface area contributed by atoms with E-state index in [1.807, 2.05) is 12.1 Å². The van der Waals surface area contributed by atoms with Gasteiger partial charge in [-0.2, -0.15) is 0 Å². The molecule has 2 aromatic heterocycles. The molecule has 4 aromatic carbocycles. The highest BCUT2D eigenvalue weighted by molar-refractivity contribution is 5.88. The molecule has 4 amide bonds. The summed E-state index contributed by atoms with van der Waals surface area (Å²) in [5.74, 6) is -0.945. The van der Waals surface area contributed by atoms with Crippen molar-refractivity contribution in [1.82, 2.24) is 40.4 Å². The highest BCUT2D eigenvalue weighted by Crippen LogP contribution is 2.37.